The molecule has 1 saturated heterocycles. The van der Waals surface area contributed by atoms with Crippen molar-refractivity contribution in [3.63, 3.8) is 0 Å². The molecule has 116 valence electrons. The number of hydrogen-bond donors (Lipinski definition) is 3. The van der Waals surface area contributed by atoms with Crippen LogP contribution in [0, 0.1) is 0 Å². The molecular weight excluding hydrogens is 328 g/mol. The summed E-state index contributed by atoms with van der Waals surface area (Å²) in [6, 6.07) is 6.73. The molecule has 1 aliphatic rings. The van der Waals surface area contributed by atoms with Crippen molar-refractivity contribution in [2.24, 2.45) is 5.10 Å². The van der Waals surface area contributed by atoms with Crippen molar-refractivity contribution in [1.82, 2.24) is 10.7 Å². The van der Waals surface area contributed by atoms with E-state index >= 15 is 0 Å². The predicted octanol–water partition coefficient (Wildman–Crippen LogP) is 1.31. The maximum atomic E-state index is 11.9. The monoisotopic (exact) mass is 340 g/mol. The number of benzene rings is 1. The molecule has 9 heteroatoms. The standard InChI is InChI=1S/C13H13ClN4O3S/c1-7(19)17-18-13-16-12(21)10(22-13)6-11(20)15-9-4-2-3-8(14)5-9/h2-5,10H,6H2,1H3,(H,15,20)(H,17,19)(H,16,18,21)/t10-/m0/s1. The highest BCUT2D eigenvalue weighted by molar-refractivity contribution is 8.15. The van der Waals surface area contributed by atoms with E-state index in [2.05, 4.69) is 21.2 Å². The Morgan fingerprint density at radius 1 is 1.45 bits per heavy atom. The first-order valence-electron chi connectivity index (χ1n) is 6.31. The summed E-state index contributed by atoms with van der Waals surface area (Å²) in [6.07, 6.45) is -0.0118. The van der Waals surface area contributed by atoms with Crippen molar-refractivity contribution in [2.45, 2.75) is 18.6 Å². The van der Waals surface area contributed by atoms with Crippen LogP contribution in [-0.2, 0) is 14.4 Å². The second-order valence-electron chi connectivity index (χ2n) is 4.44. The van der Waals surface area contributed by atoms with Crippen molar-refractivity contribution in [2.75, 3.05) is 5.32 Å². The Balaban J connectivity index is 1.90. The molecule has 1 aliphatic heterocycles. The topological polar surface area (TPSA) is 99.7 Å². The number of hydrazone groups is 1. The maximum Gasteiger partial charge on any atom is 0.240 e. The van der Waals surface area contributed by atoms with Crippen LogP contribution in [0.4, 0.5) is 5.69 Å². The molecule has 1 aromatic rings. The van der Waals surface area contributed by atoms with Gasteiger partial charge in [-0.15, -0.1) is 5.10 Å². The lowest BCUT2D eigenvalue weighted by Crippen LogP contribution is -2.28. The van der Waals surface area contributed by atoms with Gasteiger partial charge >= 0.3 is 0 Å². The zero-order chi connectivity index (χ0) is 16.1. The Bertz CT molecular complexity index is 650. The first kappa shape index (κ1) is 16.3. The molecule has 0 aromatic heterocycles. The molecule has 0 bridgehead atoms. The van der Waals surface area contributed by atoms with Gasteiger partial charge in [-0.05, 0) is 18.2 Å². The Hall–Kier alpha value is -2.06. The van der Waals surface area contributed by atoms with Gasteiger partial charge in [0.2, 0.25) is 17.7 Å². The molecule has 1 aromatic carbocycles. The number of nitrogens with zero attached hydrogens (tertiary/aromatic N) is 1. The molecule has 3 amide bonds. The van der Waals surface area contributed by atoms with Gasteiger partial charge in [0.15, 0.2) is 5.17 Å². The van der Waals surface area contributed by atoms with Crippen LogP contribution in [0.15, 0.2) is 29.4 Å². The van der Waals surface area contributed by atoms with Crippen LogP contribution >= 0.6 is 23.4 Å². The molecule has 0 spiro atoms. The summed E-state index contributed by atoms with van der Waals surface area (Å²) in [5.74, 6) is -0.976. The number of hydrogen-bond acceptors (Lipinski definition) is 5. The molecule has 3 N–H and O–H groups in total. The summed E-state index contributed by atoms with van der Waals surface area (Å²) >= 11 is 6.92. The van der Waals surface area contributed by atoms with Gasteiger partial charge in [0.1, 0.15) is 5.25 Å². The molecule has 1 heterocycles. The van der Waals surface area contributed by atoms with Crippen LogP contribution in [0.25, 0.3) is 0 Å². The zero-order valence-corrected chi connectivity index (χ0v) is 13.1. The number of carbonyl (C=O) groups excluding carboxylic acids is 3. The molecule has 1 fully saturated rings. The van der Waals surface area contributed by atoms with E-state index in [1.807, 2.05) is 0 Å². The first-order chi connectivity index (χ1) is 10.4. The third kappa shape index (κ3) is 4.74. The molecule has 22 heavy (non-hydrogen) atoms. The number of amidine groups is 1. The average molecular weight is 341 g/mol. The SMILES string of the molecule is CC(=O)N/N=C1\NC(=O)[C@H](CC(=O)Nc2cccc(Cl)c2)S1. The zero-order valence-electron chi connectivity index (χ0n) is 11.6. The van der Waals surface area contributed by atoms with Crippen LogP contribution < -0.4 is 16.1 Å². The molecule has 0 radical (unpaired) electrons. The minimum Gasteiger partial charge on any atom is -0.326 e. The highest BCUT2D eigenvalue weighted by Crippen LogP contribution is 2.23. The van der Waals surface area contributed by atoms with E-state index < -0.39 is 5.25 Å². The van der Waals surface area contributed by atoms with Crippen molar-refractivity contribution >= 4 is 51.9 Å². The number of rotatable bonds is 4. The number of thioether (sulfide) groups is 1. The third-order valence-electron chi connectivity index (χ3n) is 2.57. The van der Waals surface area contributed by atoms with Crippen molar-refractivity contribution in [3.05, 3.63) is 29.3 Å². The minimum atomic E-state index is -0.591. The molecule has 2 rings (SSSR count). The summed E-state index contributed by atoms with van der Waals surface area (Å²) in [7, 11) is 0. The number of anilines is 1. The van der Waals surface area contributed by atoms with E-state index in [1.165, 1.54) is 6.92 Å². The van der Waals surface area contributed by atoms with Crippen molar-refractivity contribution in [3.8, 4) is 0 Å². The number of amides is 3. The van der Waals surface area contributed by atoms with Gasteiger partial charge < -0.3 is 10.6 Å². The summed E-state index contributed by atoms with van der Waals surface area (Å²) in [5.41, 5.74) is 2.79. The van der Waals surface area contributed by atoms with Gasteiger partial charge in [-0.3, -0.25) is 14.4 Å². The fourth-order valence-electron chi connectivity index (χ4n) is 1.67. The number of nitrogens with one attached hydrogen (secondary N) is 3. The Morgan fingerprint density at radius 2 is 2.23 bits per heavy atom. The lowest BCUT2D eigenvalue weighted by Gasteiger charge is -2.07. The van der Waals surface area contributed by atoms with E-state index in [0.29, 0.717) is 10.7 Å². The van der Waals surface area contributed by atoms with E-state index in [9.17, 15) is 14.4 Å². The Labute approximate surface area is 135 Å². The normalized spacial score (nSPS) is 18.9. The van der Waals surface area contributed by atoms with Gasteiger partial charge in [-0.25, -0.2) is 5.43 Å². The third-order valence-corrected chi connectivity index (χ3v) is 3.89. The summed E-state index contributed by atoms with van der Waals surface area (Å²) in [4.78, 5) is 34.4. The fourth-order valence-corrected chi connectivity index (χ4v) is 2.79. The van der Waals surface area contributed by atoms with E-state index in [1.54, 1.807) is 24.3 Å². The summed E-state index contributed by atoms with van der Waals surface area (Å²) in [6.45, 7) is 1.31. The Kier molecular flexibility index (Phi) is 5.40. The highest BCUT2D eigenvalue weighted by Gasteiger charge is 2.32. The van der Waals surface area contributed by atoms with Gasteiger partial charge in [0.05, 0.1) is 0 Å². The van der Waals surface area contributed by atoms with Crippen molar-refractivity contribution < 1.29 is 14.4 Å². The number of carbonyl (C=O) groups is 3. The minimum absolute atomic E-state index is 0.0118. The maximum absolute atomic E-state index is 11.9. The lowest BCUT2D eigenvalue weighted by atomic mass is 10.2. The van der Waals surface area contributed by atoms with Crippen LogP contribution in [0.3, 0.4) is 0 Å². The second-order valence-corrected chi connectivity index (χ2v) is 6.07. The van der Waals surface area contributed by atoms with E-state index in [-0.39, 0.29) is 29.3 Å². The van der Waals surface area contributed by atoms with Crippen LogP contribution in [0.2, 0.25) is 5.02 Å². The first-order valence-corrected chi connectivity index (χ1v) is 7.57. The molecule has 0 aliphatic carbocycles. The summed E-state index contributed by atoms with van der Waals surface area (Å²) < 4.78 is 0. The second kappa shape index (κ2) is 7.28. The quantitative estimate of drug-likeness (QED) is 0.719. The average Bonchev–Trinajstić information content (AvgIpc) is 2.77. The van der Waals surface area contributed by atoms with Gasteiger partial charge in [0.25, 0.3) is 0 Å². The van der Waals surface area contributed by atoms with Gasteiger partial charge in [-0.2, -0.15) is 0 Å². The Morgan fingerprint density at radius 3 is 2.91 bits per heavy atom. The van der Waals surface area contributed by atoms with E-state index in [0.717, 1.165) is 11.8 Å². The fraction of sp³-hybridized carbons (Fsp3) is 0.231. The molecular formula is C13H13ClN4O3S. The molecule has 0 unspecified atom stereocenters. The van der Waals surface area contributed by atoms with E-state index in [4.69, 9.17) is 11.6 Å². The number of halogens is 1. The van der Waals surface area contributed by atoms with Crippen LogP contribution in [-0.4, -0.2) is 28.1 Å². The van der Waals surface area contributed by atoms with Crippen molar-refractivity contribution in [1.29, 1.82) is 0 Å². The smallest absolute Gasteiger partial charge is 0.240 e. The van der Waals surface area contributed by atoms with Crippen LogP contribution in [0.5, 0.6) is 0 Å². The van der Waals surface area contributed by atoms with Gasteiger partial charge in [-0.1, -0.05) is 29.4 Å². The van der Waals surface area contributed by atoms with Gasteiger partial charge in [0, 0.05) is 24.1 Å². The van der Waals surface area contributed by atoms with Crippen LogP contribution in [0.1, 0.15) is 13.3 Å². The largest absolute Gasteiger partial charge is 0.326 e. The lowest BCUT2D eigenvalue weighted by molar-refractivity contribution is -0.122. The molecule has 0 saturated carbocycles. The summed E-state index contributed by atoms with van der Waals surface area (Å²) in [5, 5.41) is 9.07. The predicted molar refractivity (Wildman–Crippen MR) is 85.5 cm³/mol. The molecule has 1 atom stereocenters. The molecule has 7 nitrogen and oxygen atoms in total. The highest BCUT2D eigenvalue weighted by atomic mass is 35.5.